The van der Waals surface area contributed by atoms with Gasteiger partial charge in [-0.3, -0.25) is 14.3 Å². The molecular formula is C30H40N4O5S. The topological polar surface area (TPSA) is 122 Å². The molecule has 0 spiro atoms. The first-order chi connectivity index (χ1) is 18.9. The van der Waals surface area contributed by atoms with Crippen LogP contribution in [0.1, 0.15) is 62.5 Å². The van der Waals surface area contributed by atoms with Crippen LogP contribution in [0.15, 0.2) is 51.9 Å². The Kier molecular flexibility index (Phi) is 10.1. The lowest BCUT2D eigenvalue weighted by Crippen LogP contribution is -2.51. The zero-order valence-electron chi connectivity index (χ0n) is 24.4. The van der Waals surface area contributed by atoms with Crippen molar-refractivity contribution in [2.45, 2.75) is 78.3 Å². The molecular weight excluding hydrogens is 528 g/mol. The molecule has 0 radical (unpaired) electrons. The summed E-state index contributed by atoms with van der Waals surface area (Å²) >= 11 is 0. The number of amides is 2. The van der Waals surface area contributed by atoms with Crippen LogP contribution in [0.4, 0.5) is 5.82 Å². The molecule has 3 rings (SSSR count). The molecule has 2 N–H and O–H groups in total. The van der Waals surface area contributed by atoms with Gasteiger partial charge < -0.3 is 14.7 Å². The molecule has 0 bridgehead atoms. The van der Waals surface area contributed by atoms with Gasteiger partial charge in [0.2, 0.25) is 11.8 Å². The largest absolute Gasteiger partial charge is 0.359 e. The first kappa shape index (κ1) is 30.9. The fourth-order valence-corrected chi connectivity index (χ4v) is 5.99. The maximum Gasteiger partial charge on any atom is 0.263 e. The quantitative estimate of drug-likeness (QED) is 0.304. The van der Waals surface area contributed by atoms with Crippen LogP contribution >= 0.6 is 0 Å². The third kappa shape index (κ3) is 6.91. The molecule has 0 unspecified atom stereocenters. The van der Waals surface area contributed by atoms with Crippen molar-refractivity contribution in [1.82, 2.24) is 15.4 Å². The minimum atomic E-state index is -3.97. The monoisotopic (exact) mass is 568 g/mol. The molecule has 1 heterocycles. The second-order valence-electron chi connectivity index (χ2n) is 10.4. The summed E-state index contributed by atoms with van der Waals surface area (Å²) in [6.45, 7) is 11.5. The SMILES string of the molecule is CCCCC(=O)N(Cc1ccc(-c2ccccc2S(=O)(=O)Nc2noc(C)c2C)c(C)c1)[C@H](C(=O)NC)C(C)C. The van der Waals surface area contributed by atoms with Crippen molar-refractivity contribution in [1.29, 1.82) is 0 Å². The molecule has 40 heavy (non-hydrogen) atoms. The average molecular weight is 569 g/mol. The number of aromatic nitrogens is 1. The molecule has 0 saturated heterocycles. The summed E-state index contributed by atoms with van der Waals surface area (Å²) in [7, 11) is -2.39. The number of likely N-dealkylation sites (N-methyl/N-ethyl adjacent to an activating group) is 1. The second-order valence-corrected chi connectivity index (χ2v) is 12.0. The fraction of sp³-hybridized carbons (Fsp3) is 0.433. The number of nitrogens with one attached hydrogen (secondary N) is 2. The number of hydrogen-bond acceptors (Lipinski definition) is 6. The maximum absolute atomic E-state index is 13.4. The van der Waals surface area contributed by atoms with Crippen molar-refractivity contribution in [3.8, 4) is 11.1 Å². The smallest absolute Gasteiger partial charge is 0.263 e. The van der Waals surface area contributed by atoms with Crippen LogP contribution in [0.5, 0.6) is 0 Å². The van der Waals surface area contributed by atoms with Gasteiger partial charge in [0, 0.05) is 31.1 Å². The van der Waals surface area contributed by atoms with E-state index >= 15 is 0 Å². The summed E-state index contributed by atoms with van der Waals surface area (Å²) in [5.41, 5.74) is 3.60. The van der Waals surface area contributed by atoms with Crippen molar-refractivity contribution in [2.75, 3.05) is 11.8 Å². The molecule has 2 aromatic carbocycles. The van der Waals surface area contributed by atoms with Gasteiger partial charge in [-0.1, -0.05) is 68.7 Å². The summed E-state index contributed by atoms with van der Waals surface area (Å²) in [5, 5.41) is 6.54. The van der Waals surface area contributed by atoms with Gasteiger partial charge in [0.15, 0.2) is 5.82 Å². The van der Waals surface area contributed by atoms with Gasteiger partial charge >= 0.3 is 0 Å². The van der Waals surface area contributed by atoms with E-state index in [1.807, 2.05) is 45.9 Å². The van der Waals surface area contributed by atoms with Crippen molar-refractivity contribution < 1.29 is 22.5 Å². The summed E-state index contributed by atoms with van der Waals surface area (Å²) < 4.78 is 34.5. The Morgan fingerprint density at radius 3 is 2.33 bits per heavy atom. The van der Waals surface area contributed by atoms with Crippen molar-refractivity contribution >= 4 is 27.7 Å². The maximum atomic E-state index is 13.4. The average Bonchev–Trinajstić information content (AvgIpc) is 3.22. The first-order valence-corrected chi connectivity index (χ1v) is 15.0. The van der Waals surface area contributed by atoms with Gasteiger partial charge in [-0.05, 0) is 55.9 Å². The predicted octanol–water partition coefficient (Wildman–Crippen LogP) is 5.36. The van der Waals surface area contributed by atoms with Crippen LogP contribution in [0.3, 0.4) is 0 Å². The summed E-state index contributed by atoms with van der Waals surface area (Å²) in [6, 6.07) is 11.9. The lowest BCUT2D eigenvalue weighted by atomic mass is 9.96. The normalized spacial score (nSPS) is 12.3. The molecule has 0 aliphatic carbocycles. The molecule has 0 saturated carbocycles. The minimum Gasteiger partial charge on any atom is -0.359 e. The highest BCUT2D eigenvalue weighted by Gasteiger charge is 2.32. The lowest BCUT2D eigenvalue weighted by Gasteiger charge is -2.33. The number of carbonyl (C=O) groups is 2. The highest BCUT2D eigenvalue weighted by Crippen LogP contribution is 2.32. The zero-order chi connectivity index (χ0) is 29.6. The summed E-state index contributed by atoms with van der Waals surface area (Å²) in [5.74, 6) is 0.357. The molecule has 9 nitrogen and oxygen atoms in total. The Bertz CT molecular complexity index is 1460. The third-order valence-corrected chi connectivity index (χ3v) is 8.44. The molecule has 1 aromatic heterocycles. The van der Waals surface area contributed by atoms with Crippen LogP contribution in [0, 0.1) is 26.7 Å². The Hall–Kier alpha value is -3.66. The highest BCUT2D eigenvalue weighted by atomic mass is 32.2. The molecule has 10 heteroatoms. The van der Waals surface area contributed by atoms with E-state index in [1.165, 1.54) is 0 Å². The van der Waals surface area contributed by atoms with Crippen LogP contribution in [0.25, 0.3) is 11.1 Å². The van der Waals surface area contributed by atoms with Crippen molar-refractivity contribution in [3.05, 3.63) is 64.9 Å². The van der Waals surface area contributed by atoms with Gasteiger partial charge in [0.1, 0.15) is 11.8 Å². The van der Waals surface area contributed by atoms with E-state index in [2.05, 4.69) is 15.2 Å². The molecule has 1 atom stereocenters. The number of rotatable bonds is 12. The molecule has 2 amide bonds. The van der Waals surface area contributed by atoms with Gasteiger partial charge in [-0.15, -0.1) is 0 Å². The fourth-order valence-electron chi connectivity index (χ4n) is 4.71. The van der Waals surface area contributed by atoms with Gasteiger partial charge in [0.25, 0.3) is 10.0 Å². The first-order valence-electron chi connectivity index (χ1n) is 13.6. The Labute approximate surface area is 237 Å². The molecule has 0 fully saturated rings. The van der Waals surface area contributed by atoms with Crippen LogP contribution in [-0.4, -0.2) is 43.4 Å². The highest BCUT2D eigenvalue weighted by molar-refractivity contribution is 7.92. The van der Waals surface area contributed by atoms with E-state index in [9.17, 15) is 18.0 Å². The molecule has 0 aliphatic heterocycles. The van der Waals surface area contributed by atoms with Crippen LogP contribution in [-0.2, 0) is 26.2 Å². The van der Waals surface area contributed by atoms with E-state index < -0.39 is 16.1 Å². The number of sulfonamides is 1. The third-order valence-electron chi connectivity index (χ3n) is 7.05. The number of carbonyl (C=O) groups excluding carboxylic acids is 2. The Morgan fingerprint density at radius 1 is 1.05 bits per heavy atom. The molecule has 3 aromatic rings. The van der Waals surface area contributed by atoms with Gasteiger partial charge in [0.05, 0.1) is 4.90 Å². The number of benzene rings is 2. The zero-order valence-corrected chi connectivity index (χ0v) is 25.2. The number of hydrogen-bond donors (Lipinski definition) is 2. The Balaban J connectivity index is 1.98. The second kappa shape index (κ2) is 13.1. The van der Waals surface area contributed by atoms with E-state index in [0.29, 0.717) is 23.3 Å². The van der Waals surface area contributed by atoms with Crippen molar-refractivity contribution in [2.24, 2.45) is 5.92 Å². The number of aryl methyl sites for hydroxylation is 2. The Morgan fingerprint density at radius 2 is 1.75 bits per heavy atom. The van der Waals surface area contributed by atoms with E-state index in [-0.39, 0.29) is 35.0 Å². The van der Waals surface area contributed by atoms with Crippen molar-refractivity contribution in [3.63, 3.8) is 0 Å². The summed E-state index contributed by atoms with van der Waals surface area (Å²) in [4.78, 5) is 27.8. The van der Waals surface area contributed by atoms with Crippen LogP contribution < -0.4 is 10.0 Å². The standard InChI is InChI=1S/C30H40N4O5S/c1-8-9-14-27(35)34(28(19(2)3)30(36)31-7)18-23-15-16-24(20(4)17-23)25-12-10-11-13-26(25)40(37,38)33-29-21(5)22(6)39-32-29/h10-13,15-17,19,28H,8-9,14,18H2,1-7H3,(H,31,36)(H,32,33)/t28-/m0/s1. The van der Waals surface area contributed by atoms with E-state index in [4.69, 9.17) is 4.52 Å². The lowest BCUT2D eigenvalue weighted by molar-refractivity contribution is -0.142. The number of nitrogens with zero attached hydrogens (tertiary/aromatic N) is 2. The predicted molar refractivity (Wildman–Crippen MR) is 156 cm³/mol. The minimum absolute atomic E-state index is 0.0632. The number of anilines is 1. The molecule has 216 valence electrons. The van der Waals surface area contributed by atoms with Gasteiger partial charge in [-0.2, -0.15) is 0 Å². The van der Waals surface area contributed by atoms with E-state index in [0.717, 1.165) is 29.5 Å². The number of unbranched alkanes of at least 4 members (excludes halogenated alkanes) is 1. The van der Waals surface area contributed by atoms with E-state index in [1.54, 1.807) is 50.1 Å². The van der Waals surface area contributed by atoms with Crippen LogP contribution in [0.2, 0.25) is 0 Å². The summed E-state index contributed by atoms with van der Waals surface area (Å²) in [6.07, 6.45) is 2.00. The van der Waals surface area contributed by atoms with Gasteiger partial charge in [-0.25, -0.2) is 8.42 Å². The molecule has 0 aliphatic rings.